The zero-order valence-electron chi connectivity index (χ0n) is 7.85. The number of aromatic hydroxyl groups is 1. The molecule has 1 N–H and O–H groups in total. The highest BCUT2D eigenvalue weighted by atomic mass is 16.5. The van der Waals surface area contributed by atoms with Gasteiger partial charge in [-0.25, -0.2) is 4.79 Å². The number of phenolic OH excluding ortho intramolecular Hbond substituents is 1. The Morgan fingerprint density at radius 3 is 2.57 bits per heavy atom. The topological polar surface area (TPSA) is 66.6 Å². The number of hydrogen-bond donors (Lipinski definition) is 1. The van der Waals surface area contributed by atoms with Crippen molar-refractivity contribution in [3.8, 4) is 5.75 Å². The van der Waals surface area contributed by atoms with Crippen LogP contribution in [0.5, 0.6) is 5.75 Å². The van der Waals surface area contributed by atoms with E-state index < -0.39 is 5.97 Å². The minimum atomic E-state index is -0.594. The highest BCUT2D eigenvalue weighted by molar-refractivity contribution is 5.90. The van der Waals surface area contributed by atoms with Crippen molar-refractivity contribution in [2.45, 2.75) is 0 Å². The van der Waals surface area contributed by atoms with E-state index in [0.717, 1.165) is 0 Å². The van der Waals surface area contributed by atoms with Gasteiger partial charge in [-0.15, -0.1) is 0 Å². The van der Waals surface area contributed by atoms with E-state index in [1.165, 1.54) is 32.4 Å². The molecule has 5 nitrogen and oxygen atoms in total. The number of methoxy groups -OCH3 is 1. The summed E-state index contributed by atoms with van der Waals surface area (Å²) in [6, 6.07) is 3.84. The molecule has 0 unspecified atom stereocenters. The molecular weight excluding hydrogens is 186 g/mol. The maximum absolute atomic E-state index is 11.1. The zero-order valence-corrected chi connectivity index (χ0v) is 7.85. The summed E-state index contributed by atoms with van der Waals surface area (Å²) >= 11 is 0. The summed E-state index contributed by atoms with van der Waals surface area (Å²) in [7, 11) is 2.50. The first-order valence-corrected chi connectivity index (χ1v) is 3.88. The molecule has 0 aliphatic rings. The molecule has 5 heteroatoms. The van der Waals surface area contributed by atoms with Crippen LogP contribution in [0.2, 0.25) is 0 Å². The van der Waals surface area contributed by atoms with Gasteiger partial charge in [0.05, 0.1) is 18.7 Å². The second-order valence-corrected chi connectivity index (χ2v) is 2.73. The molecule has 74 valence electrons. The maximum Gasteiger partial charge on any atom is 0.338 e. The van der Waals surface area contributed by atoms with E-state index in [4.69, 9.17) is 0 Å². The third-order valence-corrected chi connectivity index (χ3v) is 1.69. The predicted octanol–water partition coefficient (Wildman–Crippen LogP) is 1.22. The van der Waals surface area contributed by atoms with E-state index >= 15 is 0 Å². The highest BCUT2D eigenvalue weighted by Gasteiger charge is 2.14. The van der Waals surface area contributed by atoms with Gasteiger partial charge in [-0.2, -0.15) is 0 Å². The molecule has 0 aromatic heterocycles. The Labute approximate surface area is 80.5 Å². The number of hydrogen-bond acceptors (Lipinski definition) is 4. The number of benzene rings is 1. The minimum Gasteiger partial charge on any atom is -0.508 e. The first-order valence-electron chi connectivity index (χ1n) is 3.88. The second kappa shape index (κ2) is 3.87. The summed E-state index contributed by atoms with van der Waals surface area (Å²) in [6.45, 7) is 0. The lowest BCUT2D eigenvalue weighted by atomic mass is 10.2. The van der Waals surface area contributed by atoms with Crippen LogP contribution in [0.3, 0.4) is 0 Å². The van der Waals surface area contributed by atoms with E-state index in [0.29, 0.717) is 4.76 Å². The lowest BCUT2D eigenvalue weighted by Gasteiger charge is -1.99. The van der Waals surface area contributed by atoms with E-state index in [9.17, 15) is 14.8 Å². The van der Waals surface area contributed by atoms with Crippen molar-refractivity contribution in [1.82, 2.24) is 0 Å². The van der Waals surface area contributed by atoms with Gasteiger partial charge in [0.15, 0.2) is 7.05 Å². The standard InChI is InChI=1S/C9H9NO4/c1-10(13)7-3-6(9(12)14-2)4-8(11)5-7/h3-5H,1-2H3/p+1. The number of carbonyl (C=O) groups is 1. The highest BCUT2D eigenvalue weighted by Crippen LogP contribution is 2.21. The molecule has 0 saturated heterocycles. The molecule has 1 aromatic rings. The average Bonchev–Trinajstić information content (AvgIpc) is 2.15. The van der Waals surface area contributed by atoms with Crippen LogP contribution < -0.4 is 0 Å². The van der Waals surface area contributed by atoms with Crippen molar-refractivity contribution in [3.05, 3.63) is 28.7 Å². The SMILES string of the molecule is COC(=O)c1cc(O)cc([N+](C)=O)c1. The van der Waals surface area contributed by atoms with Crippen molar-refractivity contribution in [1.29, 1.82) is 0 Å². The first kappa shape index (κ1) is 10.2. The van der Waals surface area contributed by atoms with Gasteiger partial charge in [0.25, 0.3) is 5.69 Å². The van der Waals surface area contributed by atoms with Crippen LogP contribution in [0.4, 0.5) is 5.69 Å². The Hall–Kier alpha value is -1.91. The number of nitroso groups, excluding NO2 is 1. The molecule has 0 fully saturated rings. The van der Waals surface area contributed by atoms with Crippen molar-refractivity contribution in [2.75, 3.05) is 14.2 Å². The largest absolute Gasteiger partial charge is 0.508 e. The minimum absolute atomic E-state index is 0.144. The molecule has 0 spiro atoms. The molecule has 1 rings (SSSR count). The van der Waals surface area contributed by atoms with Crippen LogP contribution in [0.25, 0.3) is 0 Å². The summed E-state index contributed by atoms with van der Waals surface area (Å²) in [5, 5.41) is 9.21. The van der Waals surface area contributed by atoms with Crippen LogP contribution in [0.1, 0.15) is 10.4 Å². The number of esters is 1. The van der Waals surface area contributed by atoms with Crippen LogP contribution in [-0.4, -0.2) is 30.0 Å². The third-order valence-electron chi connectivity index (χ3n) is 1.69. The fourth-order valence-corrected chi connectivity index (χ4v) is 1.01. The van der Waals surface area contributed by atoms with E-state index in [2.05, 4.69) is 4.74 Å². The van der Waals surface area contributed by atoms with Gasteiger partial charge in [-0.1, -0.05) is 0 Å². The molecular formula is C9H10NO4+. The second-order valence-electron chi connectivity index (χ2n) is 2.73. The van der Waals surface area contributed by atoms with Gasteiger partial charge < -0.3 is 9.84 Å². The fourth-order valence-electron chi connectivity index (χ4n) is 1.01. The van der Waals surface area contributed by atoms with Gasteiger partial charge in [0.1, 0.15) is 5.75 Å². The summed E-state index contributed by atoms with van der Waals surface area (Å²) in [4.78, 5) is 22.0. The van der Waals surface area contributed by atoms with E-state index in [1.54, 1.807) is 0 Å². The lowest BCUT2D eigenvalue weighted by Crippen LogP contribution is -2.02. The van der Waals surface area contributed by atoms with Crippen LogP contribution in [0.15, 0.2) is 18.2 Å². The molecule has 0 saturated carbocycles. The van der Waals surface area contributed by atoms with E-state index in [-0.39, 0.29) is 17.0 Å². The smallest absolute Gasteiger partial charge is 0.338 e. The van der Waals surface area contributed by atoms with E-state index in [1.807, 2.05) is 0 Å². The summed E-state index contributed by atoms with van der Waals surface area (Å²) in [5.74, 6) is -0.741. The molecule has 0 amide bonds. The quantitative estimate of drug-likeness (QED) is 0.570. The first-order chi connectivity index (χ1) is 6.54. The lowest BCUT2D eigenvalue weighted by molar-refractivity contribution is -0.428. The van der Waals surface area contributed by atoms with Crippen LogP contribution in [0, 0.1) is 4.91 Å². The zero-order chi connectivity index (χ0) is 10.7. The predicted molar refractivity (Wildman–Crippen MR) is 48.7 cm³/mol. The van der Waals surface area contributed by atoms with Crippen LogP contribution >= 0.6 is 0 Å². The van der Waals surface area contributed by atoms with Gasteiger partial charge in [-0.3, -0.25) is 0 Å². The van der Waals surface area contributed by atoms with Gasteiger partial charge in [-0.05, 0) is 6.07 Å². The number of nitrogens with zero attached hydrogens (tertiary/aromatic N) is 1. The van der Waals surface area contributed by atoms with Gasteiger partial charge in [0.2, 0.25) is 0 Å². The fraction of sp³-hybridized carbons (Fsp3) is 0.222. The third kappa shape index (κ3) is 2.07. The summed E-state index contributed by atoms with van der Waals surface area (Å²) < 4.78 is 5.00. The van der Waals surface area contributed by atoms with Crippen molar-refractivity contribution in [3.63, 3.8) is 0 Å². The Morgan fingerprint density at radius 2 is 2.07 bits per heavy atom. The number of carbonyl (C=O) groups excluding carboxylic acids is 1. The number of ether oxygens (including phenoxy) is 1. The molecule has 0 aliphatic heterocycles. The van der Waals surface area contributed by atoms with Crippen LogP contribution in [-0.2, 0) is 4.74 Å². The molecule has 1 aromatic carbocycles. The molecule has 0 radical (unpaired) electrons. The molecule has 0 heterocycles. The Morgan fingerprint density at radius 1 is 1.43 bits per heavy atom. The number of phenols is 1. The monoisotopic (exact) mass is 196 g/mol. The van der Waals surface area contributed by atoms with Crippen molar-refractivity contribution in [2.24, 2.45) is 0 Å². The van der Waals surface area contributed by atoms with Gasteiger partial charge in [0, 0.05) is 15.7 Å². The Bertz CT molecular complexity index is 386. The Balaban J connectivity index is 3.20. The van der Waals surface area contributed by atoms with Gasteiger partial charge >= 0.3 is 5.97 Å². The van der Waals surface area contributed by atoms with Crippen molar-refractivity contribution >= 4 is 11.7 Å². The Kier molecular flexibility index (Phi) is 2.81. The average molecular weight is 196 g/mol. The maximum atomic E-state index is 11.1. The molecule has 0 aliphatic carbocycles. The molecule has 0 bridgehead atoms. The summed E-state index contributed by atoms with van der Waals surface area (Å²) in [5.41, 5.74) is 0.343. The number of rotatable bonds is 2. The van der Waals surface area contributed by atoms with Crippen molar-refractivity contribution < 1.29 is 19.4 Å². The normalized spacial score (nSPS) is 9.57. The molecule has 0 atom stereocenters. The summed E-state index contributed by atoms with van der Waals surface area (Å²) in [6.07, 6.45) is 0. The molecule has 14 heavy (non-hydrogen) atoms.